The van der Waals surface area contributed by atoms with Gasteiger partial charge in [-0.25, -0.2) is 4.79 Å². The van der Waals surface area contributed by atoms with Crippen molar-refractivity contribution in [1.29, 1.82) is 0 Å². The summed E-state index contributed by atoms with van der Waals surface area (Å²) in [7, 11) is 0. The van der Waals surface area contributed by atoms with Crippen molar-refractivity contribution in [2.24, 2.45) is 5.41 Å². The summed E-state index contributed by atoms with van der Waals surface area (Å²) in [4.78, 5) is 11.4. The van der Waals surface area contributed by atoms with Gasteiger partial charge in [0, 0.05) is 6.54 Å². The smallest absolute Gasteiger partial charge is 0.410 e. The highest BCUT2D eigenvalue weighted by molar-refractivity contribution is 5.70. The molecule has 1 aromatic rings. The molecule has 1 rings (SSSR count). The summed E-state index contributed by atoms with van der Waals surface area (Å²) in [6, 6.07) is 9.07. The summed E-state index contributed by atoms with van der Waals surface area (Å²) in [6.45, 7) is 7.23. The predicted octanol–water partition coefficient (Wildman–Crippen LogP) is 3.60. The Morgan fingerprint density at radius 2 is 1.88 bits per heavy atom. The molecule has 3 heteroatoms. The van der Waals surface area contributed by atoms with E-state index in [0.717, 1.165) is 12.8 Å². The van der Waals surface area contributed by atoms with Gasteiger partial charge in [0.1, 0.15) is 5.75 Å². The van der Waals surface area contributed by atoms with Crippen molar-refractivity contribution in [2.75, 3.05) is 6.54 Å². The summed E-state index contributed by atoms with van der Waals surface area (Å²) >= 11 is 0. The molecule has 0 aromatic heterocycles. The molecule has 1 aromatic carbocycles. The van der Waals surface area contributed by atoms with Crippen LogP contribution in [-0.2, 0) is 0 Å². The molecule has 0 aliphatic heterocycles. The molecule has 0 atom stereocenters. The number of nitrogens with one attached hydrogen (secondary N) is 1. The molecule has 0 fully saturated rings. The number of rotatable bonds is 4. The third kappa shape index (κ3) is 6.61. The van der Waals surface area contributed by atoms with Crippen molar-refractivity contribution in [3.05, 3.63) is 30.3 Å². The minimum Gasteiger partial charge on any atom is -0.410 e. The van der Waals surface area contributed by atoms with Crippen LogP contribution >= 0.6 is 0 Å². The lowest BCUT2D eigenvalue weighted by atomic mass is 9.91. The standard InChI is InChI=1S/C14H21NO2/c1-14(2,3)10-7-11-15-13(16)17-12-8-5-4-6-9-12/h4-6,8-9H,7,10-11H2,1-3H3,(H,15,16). The Hall–Kier alpha value is -1.51. The van der Waals surface area contributed by atoms with Crippen molar-refractivity contribution >= 4 is 6.09 Å². The number of hydrogen-bond acceptors (Lipinski definition) is 2. The minimum absolute atomic E-state index is 0.311. The zero-order valence-corrected chi connectivity index (χ0v) is 10.8. The monoisotopic (exact) mass is 235 g/mol. The van der Waals surface area contributed by atoms with Gasteiger partial charge >= 0.3 is 6.09 Å². The summed E-state index contributed by atoms with van der Waals surface area (Å²) < 4.78 is 5.10. The van der Waals surface area contributed by atoms with Crippen LogP contribution in [0.2, 0.25) is 0 Å². The number of carbonyl (C=O) groups is 1. The second-order valence-corrected chi connectivity index (χ2v) is 5.29. The van der Waals surface area contributed by atoms with Crippen molar-refractivity contribution in [2.45, 2.75) is 33.6 Å². The van der Waals surface area contributed by atoms with E-state index >= 15 is 0 Å². The van der Waals surface area contributed by atoms with Crippen LogP contribution in [-0.4, -0.2) is 12.6 Å². The van der Waals surface area contributed by atoms with Gasteiger partial charge in [0.2, 0.25) is 0 Å². The third-order valence-corrected chi connectivity index (χ3v) is 2.33. The SMILES string of the molecule is CC(C)(C)CCCNC(=O)Oc1ccccc1. The molecular formula is C14H21NO2. The van der Waals surface area contributed by atoms with E-state index in [1.165, 1.54) is 0 Å². The van der Waals surface area contributed by atoms with Gasteiger partial charge in [-0.1, -0.05) is 39.0 Å². The zero-order valence-electron chi connectivity index (χ0n) is 10.8. The van der Waals surface area contributed by atoms with E-state index < -0.39 is 0 Å². The Bertz CT molecular complexity index is 341. The molecule has 0 saturated heterocycles. The van der Waals surface area contributed by atoms with Crippen molar-refractivity contribution < 1.29 is 9.53 Å². The lowest BCUT2D eigenvalue weighted by molar-refractivity contribution is 0.199. The van der Waals surface area contributed by atoms with Gasteiger partial charge in [-0.2, -0.15) is 0 Å². The highest BCUT2D eigenvalue weighted by Gasteiger charge is 2.09. The van der Waals surface area contributed by atoms with E-state index in [1.54, 1.807) is 12.1 Å². The molecule has 3 nitrogen and oxygen atoms in total. The van der Waals surface area contributed by atoms with Crippen LogP contribution in [0.1, 0.15) is 33.6 Å². The molecule has 1 N–H and O–H groups in total. The van der Waals surface area contributed by atoms with E-state index in [2.05, 4.69) is 26.1 Å². The Morgan fingerprint density at radius 3 is 2.47 bits per heavy atom. The van der Waals surface area contributed by atoms with Gasteiger partial charge in [0.25, 0.3) is 0 Å². The van der Waals surface area contributed by atoms with Crippen LogP contribution in [0.15, 0.2) is 30.3 Å². The molecule has 17 heavy (non-hydrogen) atoms. The van der Waals surface area contributed by atoms with Gasteiger partial charge in [0.05, 0.1) is 0 Å². The normalized spacial score (nSPS) is 11.0. The Labute approximate surface area is 103 Å². The maximum Gasteiger partial charge on any atom is 0.412 e. The number of ether oxygens (including phenoxy) is 1. The lowest BCUT2D eigenvalue weighted by Crippen LogP contribution is -2.28. The first kappa shape index (κ1) is 13.6. The fourth-order valence-electron chi connectivity index (χ4n) is 1.44. The first-order chi connectivity index (χ1) is 7.97. The van der Waals surface area contributed by atoms with Gasteiger partial charge in [-0.3, -0.25) is 0 Å². The van der Waals surface area contributed by atoms with Crippen LogP contribution in [0.4, 0.5) is 4.79 Å². The maximum atomic E-state index is 11.4. The molecule has 94 valence electrons. The van der Waals surface area contributed by atoms with E-state index in [-0.39, 0.29) is 6.09 Å². The number of amides is 1. The summed E-state index contributed by atoms with van der Waals surface area (Å²) in [5.74, 6) is 0.570. The molecule has 0 spiro atoms. The van der Waals surface area contributed by atoms with Gasteiger partial charge in [-0.15, -0.1) is 0 Å². The molecule has 0 heterocycles. The summed E-state index contributed by atoms with van der Waals surface area (Å²) in [5.41, 5.74) is 0.311. The van der Waals surface area contributed by atoms with Crippen LogP contribution in [0.3, 0.4) is 0 Å². The maximum absolute atomic E-state index is 11.4. The second kappa shape index (κ2) is 6.28. The average molecular weight is 235 g/mol. The molecule has 0 radical (unpaired) electrons. The topological polar surface area (TPSA) is 38.3 Å². The van der Waals surface area contributed by atoms with E-state index in [9.17, 15) is 4.79 Å². The molecule has 0 aliphatic rings. The molecule has 0 saturated carbocycles. The van der Waals surface area contributed by atoms with E-state index in [1.807, 2.05) is 18.2 Å². The quantitative estimate of drug-likeness (QED) is 0.810. The number of benzene rings is 1. The molecule has 0 aliphatic carbocycles. The van der Waals surface area contributed by atoms with Crippen LogP contribution in [0.25, 0.3) is 0 Å². The molecule has 0 unspecified atom stereocenters. The third-order valence-electron chi connectivity index (χ3n) is 2.33. The second-order valence-electron chi connectivity index (χ2n) is 5.29. The number of para-hydroxylation sites is 1. The molecule has 0 bridgehead atoms. The van der Waals surface area contributed by atoms with Gasteiger partial charge in [0.15, 0.2) is 0 Å². The lowest BCUT2D eigenvalue weighted by Gasteiger charge is -2.17. The van der Waals surface area contributed by atoms with Crippen LogP contribution in [0, 0.1) is 5.41 Å². The van der Waals surface area contributed by atoms with Crippen LogP contribution in [0.5, 0.6) is 5.75 Å². The first-order valence-electron chi connectivity index (χ1n) is 5.98. The van der Waals surface area contributed by atoms with E-state index in [0.29, 0.717) is 17.7 Å². The fraction of sp³-hybridized carbons (Fsp3) is 0.500. The van der Waals surface area contributed by atoms with Crippen LogP contribution < -0.4 is 10.1 Å². The van der Waals surface area contributed by atoms with Crippen molar-refractivity contribution in [3.63, 3.8) is 0 Å². The van der Waals surface area contributed by atoms with Gasteiger partial charge < -0.3 is 10.1 Å². The minimum atomic E-state index is -0.384. The number of hydrogen-bond donors (Lipinski definition) is 1. The van der Waals surface area contributed by atoms with E-state index in [4.69, 9.17) is 4.74 Å². The largest absolute Gasteiger partial charge is 0.412 e. The molecular weight excluding hydrogens is 214 g/mol. The number of carbonyl (C=O) groups excluding carboxylic acids is 1. The highest BCUT2D eigenvalue weighted by atomic mass is 16.5. The average Bonchev–Trinajstić information content (AvgIpc) is 2.25. The van der Waals surface area contributed by atoms with Gasteiger partial charge in [-0.05, 0) is 30.4 Å². The summed E-state index contributed by atoms with van der Waals surface area (Å²) in [5, 5.41) is 2.74. The predicted molar refractivity (Wildman–Crippen MR) is 69.2 cm³/mol. The fourth-order valence-corrected chi connectivity index (χ4v) is 1.44. The van der Waals surface area contributed by atoms with Crippen molar-refractivity contribution in [1.82, 2.24) is 5.32 Å². The Kier molecular flexibility index (Phi) is 5.01. The Morgan fingerprint density at radius 1 is 1.24 bits per heavy atom. The van der Waals surface area contributed by atoms with Crippen molar-refractivity contribution in [3.8, 4) is 5.75 Å². The first-order valence-corrected chi connectivity index (χ1v) is 5.98. The summed E-state index contributed by atoms with van der Waals surface area (Å²) in [6.07, 6.45) is 1.66. The molecule has 1 amide bonds. The highest BCUT2D eigenvalue weighted by Crippen LogP contribution is 2.19. The zero-order chi connectivity index (χ0) is 12.7. The Balaban J connectivity index is 2.18.